The number of benzene rings is 1. The van der Waals surface area contributed by atoms with Gasteiger partial charge in [-0.1, -0.05) is 6.07 Å². The largest absolute Gasteiger partial charge is 0.442 e. The molecule has 1 rings (SSSR count). The SMILES string of the molecule is CC(C)(C)OC(=O)N(N)c1cccc(N(N)C(=O)OC(C)(C)C)c1. The Labute approximate surface area is 142 Å². The predicted molar refractivity (Wildman–Crippen MR) is 92.2 cm³/mol. The van der Waals surface area contributed by atoms with Gasteiger partial charge in [0, 0.05) is 0 Å². The molecule has 0 aromatic heterocycles. The first-order valence-corrected chi connectivity index (χ1v) is 7.46. The Kier molecular flexibility index (Phi) is 5.80. The number of nitrogens with zero attached hydrogens (tertiary/aromatic N) is 2. The molecule has 0 atom stereocenters. The van der Waals surface area contributed by atoms with Gasteiger partial charge in [-0.25, -0.2) is 31.3 Å². The highest BCUT2D eigenvalue weighted by molar-refractivity contribution is 5.90. The van der Waals surface area contributed by atoms with E-state index in [-0.39, 0.29) is 0 Å². The van der Waals surface area contributed by atoms with Gasteiger partial charge in [0.1, 0.15) is 11.2 Å². The molecule has 1 aromatic rings. The first kappa shape index (κ1) is 19.7. The molecule has 0 spiro atoms. The molecule has 0 saturated carbocycles. The highest BCUT2D eigenvalue weighted by Crippen LogP contribution is 2.22. The van der Waals surface area contributed by atoms with Crippen molar-refractivity contribution >= 4 is 23.6 Å². The summed E-state index contributed by atoms with van der Waals surface area (Å²) in [6, 6.07) is 6.28. The number of amides is 2. The van der Waals surface area contributed by atoms with Crippen LogP contribution in [0.15, 0.2) is 24.3 Å². The number of carbonyl (C=O) groups excluding carboxylic acids is 2. The summed E-state index contributed by atoms with van der Waals surface area (Å²) in [5.41, 5.74) is -0.715. The van der Waals surface area contributed by atoms with Gasteiger partial charge in [-0.05, 0) is 59.7 Å². The van der Waals surface area contributed by atoms with Crippen molar-refractivity contribution in [3.8, 4) is 0 Å². The van der Waals surface area contributed by atoms with E-state index in [9.17, 15) is 9.59 Å². The zero-order valence-electron chi connectivity index (χ0n) is 15.0. The summed E-state index contributed by atoms with van der Waals surface area (Å²) in [4.78, 5) is 24.0. The molecule has 0 bridgehead atoms. The maximum absolute atomic E-state index is 12.0. The second-order valence-corrected chi connectivity index (χ2v) is 7.22. The van der Waals surface area contributed by atoms with Gasteiger partial charge >= 0.3 is 12.2 Å². The van der Waals surface area contributed by atoms with Gasteiger partial charge in [0.2, 0.25) is 0 Å². The molecule has 4 N–H and O–H groups in total. The lowest BCUT2D eigenvalue weighted by atomic mass is 10.2. The Balaban J connectivity index is 2.93. The molecule has 0 aliphatic rings. The second-order valence-electron chi connectivity index (χ2n) is 7.22. The molecular formula is C16H26N4O4. The van der Waals surface area contributed by atoms with Crippen molar-refractivity contribution < 1.29 is 19.1 Å². The van der Waals surface area contributed by atoms with Crippen molar-refractivity contribution in [2.75, 3.05) is 10.0 Å². The van der Waals surface area contributed by atoms with E-state index in [1.54, 1.807) is 59.7 Å². The minimum atomic E-state index is -0.722. The zero-order chi connectivity index (χ0) is 18.7. The van der Waals surface area contributed by atoms with E-state index in [1.165, 1.54) is 6.07 Å². The molecule has 0 fully saturated rings. The second kappa shape index (κ2) is 7.06. The van der Waals surface area contributed by atoms with Gasteiger partial charge in [0.05, 0.1) is 11.4 Å². The number of hydrogen-bond donors (Lipinski definition) is 2. The number of rotatable bonds is 2. The third-order valence-electron chi connectivity index (χ3n) is 2.57. The quantitative estimate of drug-likeness (QED) is 0.487. The summed E-state index contributed by atoms with van der Waals surface area (Å²) in [6.45, 7) is 10.4. The van der Waals surface area contributed by atoms with Gasteiger partial charge in [-0.3, -0.25) is 0 Å². The highest BCUT2D eigenvalue weighted by atomic mass is 16.6. The fourth-order valence-electron chi connectivity index (χ4n) is 1.63. The Hall–Kier alpha value is -2.32. The van der Waals surface area contributed by atoms with Crippen molar-refractivity contribution in [2.24, 2.45) is 11.7 Å². The molecule has 0 heterocycles. The van der Waals surface area contributed by atoms with Crippen LogP contribution in [0.1, 0.15) is 41.5 Å². The van der Waals surface area contributed by atoms with Crippen LogP contribution in [0.3, 0.4) is 0 Å². The van der Waals surface area contributed by atoms with Gasteiger partial charge in [-0.15, -0.1) is 0 Å². The Morgan fingerprint density at radius 1 is 0.833 bits per heavy atom. The number of hydrazine groups is 2. The molecule has 0 saturated heterocycles. The summed E-state index contributed by atoms with van der Waals surface area (Å²) < 4.78 is 10.4. The molecule has 8 nitrogen and oxygen atoms in total. The Morgan fingerprint density at radius 2 is 1.17 bits per heavy atom. The van der Waals surface area contributed by atoms with E-state index in [1.807, 2.05) is 0 Å². The summed E-state index contributed by atoms with van der Waals surface area (Å²) in [5.74, 6) is 11.6. The molecule has 134 valence electrons. The third kappa shape index (κ3) is 6.05. The molecule has 0 unspecified atom stereocenters. The van der Waals surface area contributed by atoms with Crippen LogP contribution in [0, 0.1) is 0 Å². The fraction of sp³-hybridized carbons (Fsp3) is 0.500. The van der Waals surface area contributed by atoms with Crippen LogP contribution in [0.25, 0.3) is 0 Å². The average Bonchev–Trinajstić information content (AvgIpc) is 2.42. The molecular weight excluding hydrogens is 312 g/mol. The molecule has 8 heteroatoms. The normalized spacial score (nSPS) is 11.7. The van der Waals surface area contributed by atoms with Crippen molar-refractivity contribution in [2.45, 2.75) is 52.7 Å². The zero-order valence-corrected chi connectivity index (χ0v) is 15.0. The number of ether oxygens (including phenoxy) is 2. The van der Waals surface area contributed by atoms with E-state index in [0.29, 0.717) is 11.4 Å². The Morgan fingerprint density at radius 3 is 1.46 bits per heavy atom. The maximum atomic E-state index is 12.0. The van der Waals surface area contributed by atoms with Gasteiger partial charge in [-0.2, -0.15) is 0 Å². The maximum Gasteiger partial charge on any atom is 0.429 e. The molecule has 0 radical (unpaired) electrons. The number of nitrogens with two attached hydrogens (primary N) is 2. The van der Waals surface area contributed by atoms with Crippen LogP contribution in [-0.4, -0.2) is 23.4 Å². The van der Waals surface area contributed by atoms with Crippen LogP contribution < -0.4 is 21.7 Å². The smallest absolute Gasteiger partial charge is 0.429 e. The topological polar surface area (TPSA) is 111 Å². The first-order chi connectivity index (χ1) is 10.8. The molecule has 24 heavy (non-hydrogen) atoms. The Bertz CT molecular complexity index is 556. The fourth-order valence-corrected chi connectivity index (χ4v) is 1.63. The van der Waals surface area contributed by atoms with Crippen LogP contribution in [-0.2, 0) is 9.47 Å². The summed E-state index contributed by atoms with van der Waals surface area (Å²) in [6.07, 6.45) is -1.44. The van der Waals surface area contributed by atoms with Crippen molar-refractivity contribution in [1.29, 1.82) is 0 Å². The monoisotopic (exact) mass is 338 g/mol. The van der Waals surface area contributed by atoms with E-state index in [4.69, 9.17) is 21.2 Å². The van der Waals surface area contributed by atoms with E-state index < -0.39 is 23.4 Å². The van der Waals surface area contributed by atoms with Crippen LogP contribution in [0.4, 0.5) is 21.0 Å². The predicted octanol–water partition coefficient (Wildman–Crippen LogP) is 2.92. The summed E-state index contributed by atoms with van der Waals surface area (Å²) in [7, 11) is 0. The third-order valence-corrected chi connectivity index (χ3v) is 2.57. The van der Waals surface area contributed by atoms with Gasteiger partial charge in [0.25, 0.3) is 0 Å². The average molecular weight is 338 g/mol. The lowest BCUT2D eigenvalue weighted by Gasteiger charge is -2.26. The molecule has 1 aromatic carbocycles. The lowest BCUT2D eigenvalue weighted by Crippen LogP contribution is -2.43. The van der Waals surface area contributed by atoms with E-state index in [0.717, 1.165) is 10.0 Å². The van der Waals surface area contributed by atoms with Crippen molar-refractivity contribution in [3.05, 3.63) is 24.3 Å². The van der Waals surface area contributed by atoms with Crippen LogP contribution in [0.5, 0.6) is 0 Å². The van der Waals surface area contributed by atoms with Crippen molar-refractivity contribution in [1.82, 2.24) is 0 Å². The highest BCUT2D eigenvalue weighted by Gasteiger charge is 2.24. The van der Waals surface area contributed by atoms with Crippen molar-refractivity contribution in [3.63, 3.8) is 0 Å². The van der Waals surface area contributed by atoms with Gasteiger partial charge < -0.3 is 9.47 Å². The lowest BCUT2D eigenvalue weighted by molar-refractivity contribution is 0.0571. The van der Waals surface area contributed by atoms with Gasteiger partial charge in [0.15, 0.2) is 0 Å². The number of carbonyl (C=O) groups is 2. The van der Waals surface area contributed by atoms with Crippen LogP contribution in [0.2, 0.25) is 0 Å². The summed E-state index contributed by atoms with van der Waals surface area (Å²) in [5, 5.41) is 1.69. The minimum Gasteiger partial charge on any atom is -0.442 e. The van der Waals surface area contributed by atoms with E-state index in [2.05, 4.69) is 0 Å². The molecule has 0 aliphatic heterocycles. The first-order valence-electron chi connectivity index (χ1n) is 7.46. The van der Waals surface area contributed by atoms with Crippen LogP contribution >= 0.6 is 0 Å². The minimum absolute atomic E-state index is 0.320. The standard InChI is InChI=1S/C16H26N4O4/c1-15(2,3)23-13(21)19(17)11-8-7-9-12(10-11)20(18)14(22)24-16(4,5)6/h7-10H,17-18H2,1-6H3. The van der Waals surface area contributed by atoms with E-state index >= 15 is 0 Å². The molecule has 0 aliphatic carbocycles. The summed E-state index contributed by atoms with van der Waals surface area (Å²) >= 11 is 0. The number of anilines is 2. The molecule has 2 amide bonds. The number of hydrogen-bond acceptors (Lipinski definition) is 6.